The van der Waals surface area contributed by atoms with Crippen LogP contribution < -0.4 is 16.8 Å². The average Bonchev–Trinajstić information content (AvgIpc) is 2.29. The second-order valence-corrected chi connectivity index (χ2v) is 5.12. The van der Waals surface area contributed by atoms with Crippen molar-refractivity contribution in [2.75, 3.05) is 5.32 Å². The van der Waals surface area contributed by atoms with Crippen LogP contribution in [0.3, 0.4) is 0 Å². The summed E-state index contributed by atoms with van der Waals surface area (Å²) < 4.78 is 0. The Balaban J connectivity index is 2.18. The first-order valence-corrected chi connectivity index (χ1v) is 5.70. The zero-order chi connectivity index (χ0) is 12.6. The van der Waals surface area contributed by atoms with Crippen LogP contribution in [0.2, 0.25) is 0 Å². The maximum atomic E-state index is 11.3. The molecule has 1 fully saturated rings. The molecule has 5 nitrogen and oxygen atoms in total. The third-order valence-corrected chi connectivity index (χ3v) is 3.73. The Labute approximate surface area is 101 Å². The van der Waals surface area contributed by atoms with Crippen LogP contribution in [0.15, 0.2) is 18.3 Å². The van der Waals surface area contributed by atoms with Gasteiger partial charge in [-0.15, -0.1) is 0 Å². The lowest BCUT2D eigenvalue weighted by Crippen LogP contribution is -2.61. The minimum atomic E-state index is -0.470. The van der Waals surface area contributed by atoms with Gasteiger partial charge in [-0.05, 0) is 18.6 Å². The molecule has 17 heavy (non-hydrogen) atoms. The van der Waals surface area contributed by atoms with Crippen molar-refractivity contribution in [1.29, 1.82) is 0 Å². The van der Waals surface area contributed by atoms with Crippen LogP contribution in [0, 0.1) is 5.41 Å². The molecule has 1 aromatic rings. The van der Waals surface area contributed by atoms with Gasteiger partial charge < -0.3 is 16.8 Å². The van der Waals surface area contributed by atoms with Gasteiger partial charge in [0, 0.05) is 23.7 Å². The molecule has 2 rings (SSSR count). The van der Waals surface area contributed by atoms with Crippen molar-refractivity contribution in [2.45, 2.75) is 32.4 Å². The number of pyridine rings is 1. The van der Waals surface area contributed by atoms with Crippen LogP contribution in [-0.4, -0.2) is 23.0 Å². The second kappa shape index (κ2) is 4.00. The molecule has 5 N–H and O–H groups in total. The standard InChI is InChI=1S/C12H18N4O/c1-12(2)8(13)6-9(12)16-11-7(10(14)17)4-3-5-15-11/h3-5,8-9H,6,13H2,1-2H3,(H2,14,17)(H,15,16). The summed E-state index contributed by atoms with van der Waals surface area (Å²) in [5, 5.41) is 3.26. The molecular weight excluding hydrogens is 216 g/mol. The molecule has 1 aromatic heterocycles. The minimum absolute atomic E-state index is 0.00639. The molecule has 0 saturated heterocycles. The van der Waals surface area contributed by atoms with Crippen LogP contribution in [0.5, 0.6) is 0 Å². The highest BCUT2D eigenvalue weighted by Gasteiger charge is 2.46. The summed E-state index contributed by atoms with van der Waals surface area (Å²) in [5.74, 6) is 0.0759. The van der Waals surface area contributed by atoms with E-state index in [1.54, 1.807) is 18.3 Å². The van der Waals surface area contributed by atoms with Crippen LogP contribution in [0.4, 0.5) is 5.82 Å². The van der Waals surface area contributed by atoms with Crippen LogP contribution >= 0.6 is 0 Å². The van der Waals surface area contributed by atoms with Gasteiger partial charge in [-0.25, -0.2) is 4.98 Å². The third kappa shape index (κ3) is 1.98. The van der Waals surface area contributed by atoms with Gasteiger partial charge in [-0.2, -0.15) is 0 Å². The number of carbonyl (C=O) groups excluding carboxylic acids is 1. The Kier molecular flexibility index (Phi) is 2.79. The molecule has 2 atom stereocenters. The molecule has 0 bridgehead atoms. The topological polar surface area (TPSA) is 94.0 Å². The molecule has 0 aromatic carbocycles. The molecule has 1 heterocycles. The Morgan fingerprint density at radius 1 is 1.59 bits per heavy atom. The summed E-state index contributed by atoms with van der Waals surface area (Å²) in [4.78, 5) is 15.4. The van der Waals surface area contributed by atoms with Gasteiger partial charge in [-0.1, -0.05) is 13.8 Å². The second-order valence-electron chi connectivity index (χ2n) is 5.12. The molecule has 0 spiro atoms. The number of primary amides is 1. The van der Waals surface area contributed by atoms with Crippen LogP contribution in [-0.2, 0) is 0 Å². The zero-order valence-corrected chi connectivity index (χ0v) is 10.1. The minimum Gasteiger partial charge on any atom is -0.366 e. The van der Waals surface area contributed by atoms with E-state index in [4.69, 9.17) is 11.5 Å². The van der Waals surface area contributed by atoms with Crippen LogP contribution in [0.25, 0.3) is 0 Å². The summed E-state index contributed by atoms with van der Waals surface area (Å²) in [6, 6.07) is 3.78. The molecule has 5 heteroatoms. The number of rotatable bonds is 3. The molecule has 1 saturated carbocycles. The fraction of sp³-hybridized carbons (Fsp3) is 0.500. The summed E-state index contributed by atoms with van der Waals surface area (Å²) in [7, 11) is 0. The number of anilines is 1. The van der Waals surface area contributed by atoms with E-state index in [0.717, 1.165) is 6.42 Å². The van der Waals surface area contributed by atoms with Gasteiger partial charge in [-0.3, -0.25) is 4.79 Å². The number of nitrogens with zero attached hydrogens (tertiary/aromatic N) is 1. The smallest absolute Gasteiger partial charge is 0.252 e. The maximum Gasteiger partial charge on any atom is 0.252 e. The van der Waals surface area contributed by atoms with Gasteiger partial charge >= 0.3 is 0 Å². The molecule has 2 unspecified atom stereocenters. The monoisotopic (exact) mass is 234 g/mol. The molecule has 0 radical (unpaired) electrons. The first kappa shape index (κ1) is 11.9. The van der Waals surface area contributed by atoms with Crippen molar-refractivity contribution in [1.82, 2.24) is 4.98 Å². The van der Waals surface area contributed by atoms with E-state index in [9.17, 15) is 4.79 Å². The zero-order valence-electron chi connectivity index (χ0n) is 10.1. The number of nitrogens with two attached hydrogens (primary N) is 2. The molecule has 0 aliphatic heterocycles. The number of carbonyl (C=O) groups is 1. The van der Waals surface area contributed by atoms with Crippen molar-refractivity contribution in [3.05, 3.63) is 23.9 Å². The fourth-order valence-electron chi connectivity index (χ4n) is 2.09. The van der Waals surface area contributed by atoms with Crippen LogP contribution in [0.1, 0.15) is 30.6 Å². The van der Waals surface area contributed by atoms with E-state index in [2.05, 4.69) is 24.1 Å². The number of aromatic nitrogens is 1. The fourth-order valence-corrected chi connectivity index (χ4v) is 2.09. The Morgan fingerprint density at radius 2 is 2.29 bits per heavy atom. The van der Waals surface area contributed by atoms with Gasteiger partial charge in [0.05, 0.1) is 5.56 Å². The van der Waals surface area contributed by atoms with Crippen molar-refractivity contribution in [3.63, 3.8) is 0 Å². The highest BCUT2D eigenvalue weighted by atomic mass is 16.1. The first-order valence-electron chi connectivity index (χ1n) is 5.70. The molecule has 1 aliphatic rings. The lowest BCUT2D eigenvalue weighted by molar-refractivity contribution is 0.0998. The lowest BCUT2D eigenvalue weighted by Gasteiger charge is -2.50. The number of nitrogens with one attached hydrogen (secondary N) is 1. The SMILES string of the molecule is CC1(C)C(N)CC1Nc1ncccc1C(N)=O. The lowest BCUT2D eigenvalue weighted by atomic mass is 9.63. The first-order chi connectivity index (χ1) is 7.93. The van der Waals surface area contributed by atoms with E-state index in [1.807, 2.05) is 0 Å². The largest absolute Gasteiger partial charge is 0.366 e. The van der Waals surface area contributed by atoms with Gasteiger partial charge in [0.15, 0.2) is 0 Å². The summed E-state index contributed by atoms with van der Waals surface area (Å²) in [5.41, 5.74) is 11.7. The Hall–Kier alpha value is -1.62. The van der Waals surface area contributed by atoms with Crippen molar-refractivity contribution < 1.29 is 4.79 Å². The van der Waals surface area contributed by atoms with Gasteiger partial charge in [0.1, 0.15) is 5.82 Å². The predicted octanol–water partition coefficient (Wildman–Crippen LogP) is 0.718. The molecule has 1 aliphatic carbocycles. The number of amides is 1. The van der Waals surface area contributed by atoms with Crippen molar-refractivity contribution in [3.8, 4) is 0 Å². The van der Waals surface area contributed by atoms with E-state index >= 15 is 0 Å². The van der Waals surface area contributed by atoms with E-state index in [0.29, 0.717) is 11.4 Å². The highest BCUT2D eigenvalue weighted by Crippen LogP contribution is 2.40. The average molecular weight is 234 g/mol. The van der Waals surface area contributed by atoms with E-state index < -0.39 is 5.91 Å². The predicted molar refractivity (Wildman–Crippen MR) is 66.5 cm³/mol. The summed E-state index contributed by atoms with van der Waals surface area (Å²) >= 11 is 0. The van der Waals surface area contributed by atoms with Crippen molar-refractivity contribution >= 4 is 11.7 Å². The van der Waals surface area contributed by atoms with Gasteiger partial charge in [0.2, 0.25) is 0 Å². The molecular formula is C12H18N4O. The molecule has 92 valence electrons. The summed E-state index contributed by atoms with van der Waals surface area (Å²) in [6.07, 6.45) is 2.52. The maximum absolute atomic E-state index is 11.3. The normalized spacial score (nSPS) is 26.1. The van der Waals surface area contributed by atoms with E-state index in [1.165, 1.54) is 0 Å². The Bertz CT molecular complexity index is 444. The molecule has 1 amide bonds. The summed E-state index contributed by atoms with van der Waals surface area (Å²) in [6.45, 7) is 4.21. The van der Waals surface area contributed by atoms with Gasteiger partial charge in [0.25, 0.3) is 5.91 Å². The third-order valence-electron chi connectivity index (χ3n) is 3.73. The van der Waals surface area contributed by atoms with Crippen molar-refractivity contribution in [2.24, 2.45) is 16.9 Å². The Morgan fingerprint density at radius 3 is 2.82 bits per heavy atom. The number of hydrogen-bond acceptors (Lipinski definition) is 4. The number of hydrogen-bond donors (Lipinski definition) is 3. The highest BCUT2D eigenvalue weighted by molar-refractivity contribution is 5.97. The quantitative estimate of drug-likeness (QED) is 0.718. The van der Waals surface area contributed by atoms with E-state index in [-0.39, 0.29) is 17.5 Å².